The summed E-state index contributed by atoms with van der Waals surface area (Å²) in [5, 5.41) is 2.72. The van der Waals surface area contributed by atoms with Crippen molar-refractivity contribution in [3.63, 3.8) is 0 Å². The smallest absolute Gasteiger partial charge is 0.259 e. The third-order valence-corrected chi connectivity index (χ3v) is 4.32. The Kier molecular flexibility index (Phi) is 1.89. The number of pyridine rings is 1. The van der Waals surface area contributed by atoms with E-state index in [4.69, 9.17) is 4.42 Å². The van der Waals surface area contributed by atoms with Gasteiger partial charge in [0, 0.05) is 16.3 Å². The predicted octanol–water partition coefficient (Wildman–Crippen LogP) is 3.78. The van der Waals surface area contributed by atoms with Crippen LogP contribution < -0.4 is 5.56 Å². The lowest BCUT2D eigenvalue weighted by Crippen LogP contribution is -2.23. The fraction of sp³-hybridized carbons (Fsp3) is 0.0556. The van der Waals surface area contributed by atoms with E-state index in [1.165, 1.54) is 0 Å². The van der Waals surface area contributed by atoms with Crippen molar-refractivity contribution in [3.05, 3.63) is 70.7 Å². The molecule has 3 nitrogen and oxygen atoms in total. The van der Waals surface area contributed by atoms with Crippen molar-refractivity contribution < 1.29 is 4.42 Å². The molecule has 5 rings (SSSR count). The van der Waals surface area contributed by atoms with E-state index < -0.39 is 0 Å². The summed E-state index contributed by atoms with van der Waals surface area (Å²) in [6.45, 7) is 0.600. The summed E-state index contributed by atoms with van der Waals surface area (Å²) in [5.74, 6) is 0.801. The number of hydrogen-bond acceptors (Lipinski definition) is 2. The molecule has 0 saturated carbocycles. The Labute approximate surface area is 120 Å². The van der Waals surface area contributed by atoms with Crippen molar-refractivity contribution in [2.24, 2.45) is 0 Å². The van der Waals surface area contributed by atoms with E-state index in [2.05, 4.69) is 6.07 Å². The number of rotatable bonds is 0. The molecule has 1 aliphatic rings. The highest BCUT2D eigenvalue weighted by Gasteiger charge is 2.24. The van der Waals surface area contributed by atoms with Crippen LogP contribution in [0.1, 0.15) is 5.56 Å². The third kappa shape index (κ3) is 1.26. The van der Waals surface area contributed by atoms with Gasteiger partial charge in [-0.2, -0.15) is 0 Å². The lowest BCUT2D eigenvalue weighted by Gasteiger charge is -2.18. The molecule has 0 saturated heterocycles. The van der Waals surface area contributed by atoms with Crippen molar-refractivity contribution in [1.29, 1.82) is 0 Å². The van der Waals surface area contributed by atoms with Crippen LogP contribution in [0, 0.1) is 0 Å². The second-order valence-electron chi connectivity index (χ2n) is 5.42. The Hall–Kier alpha value is -2.81. The minimum absolute atomic E-state index is 0.0512. The van der Waals surface area contributed by atoms with E-state index >= 15 is 0 Å². The molecule has 4 aromatic rings. The van der Waals surface area contributed by atoms with Gasteiger partial charge in [0.2, 0.25) is 0 Å². The van der Waals surface area contributed by atoms with Crippen LogP contribution in [0.15, 0.2) is 64.0 Å². The molecule has 21 heavy (non-hydrogen) atoms. The molecule has 0 atom stereocenters. The predicted molar refractivity (Wildman–Crippen MR) is 82.5 cm³/mol. The van der Waals surface area contributed by atoms with Crippen LogP contribution in [0.25, 0.3) is 33.0 Å². The van der Waals surface area contributed by atoms with Crippen LogP contribution >= 0.6 is 0 Å². The Morgan fingerprint density at radius 2 is 1.67 bits per heavy atom. The van der Waals surface area contributed by atoms with Gasteiger partial charge in [0.15, 0.2) is 5.76 Å². The summed E-state index contributed by atoms with van der Waals surface area (Å²) in [6, 6.07) is 15.8. The number of hydrogen-bond donors (Lipinski definition) is 0. The molecule has 2 aromatic carbocycles. The Morgan fingerprint density at radius 3 is 2.57 bits per heavy atom. The van der Waals surface area contributed by atoms with Gasteiger partial charge in [0.25, 0.3) is 5.56 Å². The highest BCUT2D eigenvalue weighted by molar-refractivity contribution is 6.09. The Morgan fingerprint density at radius 1 is 0.905 bits per heavy atom. The van der Waals surface area contributed by atoms with Crippen molar-refractivity contribution in [3.8, 4) is 11.3 Å². The lowest BCUT2D eigenvalue weighted by molar-refractivity contribution is 0.580. The molecule has 0 aliphatic carbocycles. The first-order valence-electron chi connectivity index (χ1n) is 6.95. The molecule has 3 heterocycles. The van der Waals surface area contributed by atoms with Crippen molar-refractivity contribution in [2.75, 3.05) is 0 Å². The van der Waals surface area contributed by atoms with E-state index in [1.54, 1.807) is 6.26 Å². The van der Waals surface area contributed by atoms with Gasteiger partial charge < -0.3 is 4.42 Å². The van der Waals surface area contributed by atoms with Gasteiger partial charge in [-0.25, -0.2) is 0 Å². The highest BCUT2D eigenvalue weighted by atomic mass is 16.3. The number of furan rings is 1. The van der Waals surface area contributed by atoms with Crippen LogP contribution in [0.2, 0.25) is 0 Å². The summed E-state index contributed by atoms with van der Waals surface area (Å²) in [6.07, 6.45) is 1.77. The molecule has 0 amide bonds. The third-order valence-electron chi connectivity index (χ3n) is 4.32. The molecule has 0 radical (unpaired) electrons. The van der Waals surface area contributed by atoms with Crippen LogP contribution in [-0.4, -0.2) is 4.57 Å². The second-order valence-corrected chi connectivity index (χ2v) is 5.42. The lowest BCUT2D eigenvalue weighted by atomic mass is 9.99. The Balaban J connectivity index is 2.08. The fourth-order valence-electron chi connectivity index (χ4n) is 3.35. The molecule has 3 heteroatoms. The number of fused-ring (bicyclic) bond motifs is 4. The minimum Gasteiger partial charge on any atom is -0.461 e. The summed E-state index contributed by atoms with van der Waals surface area (Å²) >= 11 is 0. The summed E-state index contributed by atoms with van der Waals surface area (Å²) < 4.78 is 7.66. The topological polar surface area (TPSA) is 35.1 Å². The van der Waals surface area contributed by atoms with Crippen molar-refractivity contribution >= 4 is 21.7 Å². The van der Waals surface area contributed by atoms with Crippen LogP contribution in [-0.2, 0) is 6.54 Å². The minimum atomic E-state index is 0.0512. The molecule has 0 N–H and O–H groups in total. The highest BCUT2D eigenvalue weighted by Crippen LogP contribution is 2.38. The normalized spacial score (nSPS) is 12.8. The molecule has 2 aromatic heterocycles. The average molecular weight is 273 g/mol. The van der Waals surface area contributed by atoms with E-state index in [0.717, 1.165) is 38.6 Å². The van der Waals surface area contributed by atoms with Gasteiger partial charge in [-0.15, -0.1) is 0 Å². The first-order chi connectivity index (χ1) is 10.3. The van der Waals surface area contributed by atoms with E-state index in [0.29, 0.717) is 6.54 Å². The molecule has 0 unspecified atom stereocenters. The SMILES string of the molecule is O=c1c2ccccc2c2coc3c2n1Cc1ccccc1-3. The van der Waals surface area contributed by atoms with Gasteiger partial charge in [-0.1, -0.05) is 42.5 Å². The number of benzene rings is 2. The quantitative estimate of drug-likeness (QED) is 0.430. The van der Waals surface area contributed by atoms with Gasteiger partial charge in [0.05, 0.1) is 12.1 Å². The monoisotopic (exact) mass is 273 g/mol. The molecular formula is C18H11NO2. The zero-order chi connectivity index (χ0) is 14.0. The number of aromatic nitrogens is 1. The zero-order valence-electron chi connectivity index (χ0n) is 11.2. The first-order valence-corrected chi connectivity index (χ1v) is 6.95. The van der Waals surface area contributed by atoms with Gasteiger partial charge in [-0.05, 0) is 17.0 Å². The van der Waals surface area contributed by atoms with Crippen LogP contribution in [0.4, 0.5) is 0 Å². The molecule has 0 spiro atoms. The maximum atomic E-state index is 12.8. The van der Waals surface area contributed by atoms with Crippen molar-refractivity contribution in [1.82, 2.24) is 4.57 Å². The molecule has 100 valence electrons. The summed E-state index contributed by atoms with van der Waals surface area (Å²) in [4.78, 5) is 12.8. The summed E-state index contributed by atoms with van der Waals surface area (Å²) in [5.41, 5.74) is 3.17. The maximum Gasteiger partial charge on any atom is 0.259 e. The van der Waals surface area contributed by atoms with Crippen molar-refractivity contribution in [2.45, 2.75) is 6.54 Å². The van der Waals surface area contributed by atoms with E-state index in [-0.39, 0.29) is 5.56 Å². The standard InChI is InChI=1S/C18H11NO2/c20-18-14-8-4-3-7-13(14)15-10-21-17-12-6-2-1-5-11(12)9-19(18)16(15)17/h1-8,10H,9H2. The number of nitrogens with zero attached hydrogens (tertiary/aromatic N) is 1. The largest absolute Gasteiger partial charge is 0.461 e. The molecule has 0 fully saturated rings. The average Bonchev–Trinajstić information content (AvgIpc) is 2.98. The van der Waals surface area contributed by atoms with Crippen LogP contribution in [0.3, 0.4) is 0 Å². The van der Waals surface area contributed by atoms with Gasteiger partial charge >= 0.3 is 0 Å². The molecule has 1 aliphatic heterocycles. The second kappa shape index (κ2) is 3.64. The van der Waals surface area contributed by atoms with E-state index in [1.807, 2.05) is 47.0 Å². The molecule has 0 bridgehead atoms. The first kappa shape index (κ1) is 10.9. The summed E-state index contributed by atoms with van der Waals surface area (Å²) in [7, 11) is 0. The molecular weight excluding hydrogens is 262 g/mol. The maximum absolute atomic E-state index is 12.8. The van der Waals surface area contributed by atoms with Gasteiger partial charge in [0.1, 0.15) is 6.26 Å². The fourth-order valence-corrected chi connectivity index (χ4v) is 3.35. The zero-order valence-corrected chi connectivity index (χ0v) is 11.2. The van der Waals surface area contributed by atoms with E-state index in [9.17, 15) is 4.79 Å². The van der Waals surface area contributed by atoms with Crippen LogP contribution in [0.5, 0.6) is 0 Å². The Bertz CT molecular complexity index is 1090. The van der Waals surface area contributed by atoms with Gasteiger partial charge in [-0.3, -0.25) is 9.36 Å².